The van der Waals surface area contributed by atoms with Crippen LogP contribution in [0.25, 0.3) is 0 Å². The summed E-state index contributed by atoms with van der Waals surface area (Å²) >= 11 is 6.04. The van der Waals surface area contributed by atoms with Crippen LogP contribution in [0.3, 0.4) is 0 Å². The van der Waals surface area contributed by atoms with Crippen LogP contribution < -0.4 is 10.1 Å². The van der Waals surface area contributed by atoms with Gasteiger partial charge in [0.1, 0.15) is 11.6 Å². The van der Waals surface area contributed by atoms with E-state index in [2.05, 4.69) is 15.5 Å². The Kier molecular flexibility index (Phi) is 4.85. The zero-order valence-electron chi connectivity index (χ0n) is 13.7. The van der Waals surface area contributed by atoms with Gasteiger partial charge in [-0.15, -0.1) is 5.10 Å². The minimum atomic E-state index is 0.0454. The highest BCUT2D eigenvalue weighted by atomic mass is 35.5. The number of anilines is 1. The molecule has 0 radical (unpaired) electrons. The third kappa shape index (κ3) is 3.43. The Hall–Kier alpha value is -2.34. The number of ether oxygens (including phenoxy) is 1. The second kappa shape index (κ2) is 7.05. The predicted molar refractivity (Wildman–Crippen MR) is 92.4 cm³/mol. The predicted octanol–water partition coefficient (Wildman–Crippen LogP) is 2.31. The normalized spacial score (nSPS) is 13.4. The van der Waals surface area contributed by atoms with Crippen molar-refractivity contribution in [2.45, 2.75) is 19.4 Å². The van der Waals surface area contributed by atoms with Crippen molar-refractivity contribution in [3.05, 3.63) is 46.1 Å². The number of benzene rings is 1. The molecular formula is C17H19ClN4O2. The van der Waals surface area contributed by atoms with E-state index in [0.717, 1.165) is 16.8 Å². The van der Waals surface area contributed by atoms with Crippen molar-refractivity contribution in [2.24, 2.45) is 0 Å². The Morgan fingerprint density at radius 2 is 2.21 bits per heavy atom. The average Bonchev–Trinajstić information content (AvgIpc) is 2.61. The van der Waals surface area contributed by atoms with Crippen molar-refractivity contribution in [1.29, 1.82) is 0 Å². The molecular weight excluding hydrogens is 328 g/mol. The van der Waals surface area contributed by atoms with E-state index in [1.54, 1.807) is 32.4 Å². The molecule has 0 saturated carbocycles. The molecule has 24 heavy (non-hydrogen) atoms. The van der Waals surface area contributed by atoms with Gasteiger partial charge in [-0.3, -0.25) is 4.79 Å². The Morgan fingerprint density at radius 3 is 2.96 bits per heavy atom. The summed E-state index contributed by atoms with van der Waals surface area (Å²) < 4.78 is 5.32. The molecule has 1 N–H and O–H groups in total. The summed E-state index contributed by atoms with van der Waals surface area (Å²) in [6.07, 6.45) is 0.973. The molecule has 0 saturated heterocycles. The third-order valence-corrected chi connectivity index (χ3v) is 4.37. The van der Waals surface area contributed by atoms with Crippen molar-refractivity contribution >= 4 is 23.3 Å². The van der Waals surface area contributed by atoms with Crippen molar-refractivity contribution in [3.63, 3.8) is 0 Å². The number of halogens is 1. The molecule has 0 bridgehead atoms. The minimum absolute atomic E-state index is 0.0454. The Balaban J connectivity index is 1.76. The molecule has 7 heteroatoms. The summed E-state index contributed by atoms with van der Waals surface area (Å²) in [5.74, 6) is 1.43. The van der Waals surface area contributed by atoms with Gasteiger partial charge in [-0.25, -0.2) is 0 Å². The van der Waals surface area contributed by atoms with E-state index in [9.17, 15) is 4.79 Å². The molecule has 0 fully saturated rings. The lowest BCUT2D eigenvalue weighted by atomic mass is 10.0. The molecule has 1 aromatic heterocycles. The smallest absolute Gasteiger partial charge is 0.227 e. The average molecular weight is 347 g/mol. The van der Waals surface area contributed by atoms with Gasteiger partial charge < -0.3 is 15.0 Å². The molecule has 1 amide bonds. The van der Waals surface area contributed by atoms with Crippen LogP contribution in [0.15, 0.2) is 24.3 Å². The molecule has 1 aliphatic rings. The van der Waals surface area contributed by atoms with Crippen LogP contribution in [0.1, 0.15) is 16.8 Å². The summed E-state index contributed by atoms with van der Waals surface area (Å²) in [6.45, 7) is 1.18. The molecule has 3 rings (SSSR count). The van der Waals surface area contributed by atoms with Gasteiger partial charge in [0.25, 0.3) is 0 Å². The van der Waals surface area contributed by atoms with E-state index in [0.29, 0.717) is 36.1 Å². The maximum absolute atomic E-state index is 12.7. The fourth-order valence-electron chi connectivity index (χ4n) is 2.82. The number of methoxy groups -OCH3 is 1. The van der Waals surface area contributed by atoms with Gasteiger partial charge in [0.05, 0.1) is 19.2 Å². The number of carbonyl (C=O) groups is 1. The molecule has 0 atom stereocenters. The van der Waals surface area contributed by atoms with E-state index < -0.39 is 0 Å². The zero-order chi connectivity index (χ0) is 17.1. The maximum Gasteiger partial charge on any atom is 0.227 e. The molecule has 1 aliphatic heterocycles. The molecule has 2 aromatic rings. The highest BCUT2D eigenvalue weighted by Crippen LogP contribution is 2.25. The van der Waals surface area contributed by atoms with Crippen LogP contribution in [0.4, 0.5) is 5.82 Å². The van der Waals surface area contributed by atoms with Crippen LogP contribution in [0.2, 0.25) is 5.02 Å². The summed E-state index contributed by atoms with van der Waals surface area (Å²) in [7, 11) is 3.39. The Bertz CT molecular complexity index is 766. The Labute approximate surface area is 145 Å². The largest absolute Gasteiger partial charge is 0.496 e. The Morgan fingerprint density at radius 1 is 1.38 bits per heavy atom. The van der Waals surface area contributed by atoms with Gasteiger partial charge >= 0.3 is 0 Å². The standard InChI is InChI=1S/C17H19ClN4O2/c1-19-16-8-12-10-22(6-5-14(12)20-21-16)17(23)9-11-7-13(18)3-4-15(11)24-2/h3-4,7-8H,5-6,9-10H2,1-2H3,(H,19,21). The lowest BCUT2D eigenvalue weighted by Gasteiger charge is -2.28. The van der Waals surface area contributed by atoms with E-state index in [4.69, 9.17) is 16.3 Å². The van der Waals surface area contributed by atoms with Crippen molar-refractivity contribution in [1.82, 2.24) is 15.1 Å². The minimum Gasteiger partial charge on any atom is -0.496 e. The topological polar surface area (TPSA) is 67.4 Å². The summed E-state index contributed by atoms with van der Waals surface area (Å²) in [5, 5.41) is 11.9. The summed E-state index contributed by atoms with van der Waals surface area (Å²) in [5.41, 5.74) is 2.79. The van der Waals surface area contributed by atoms with Gasteiger partial charge in [0.15, 0.2) is 0 Å². The monoisotopic (exact) mass is 346 g/mol. The van der Waals surface area contributed by atoms with Gasteiger partial charge in [-0.2, -0.15) is 5.10 Å². The molecule has 0 aliphatic carbocycles. The number of nitrogens with one attached hydrogen (secondary N) is 1. The van der Waals surface area contributed by atoms with Gasteiger partial charge in [-0.05, 0) is 29.8 Å². The lowest BCUT2D eigenvalue weighted by Crippen LogP contribution is -2.37. The van der Waals surface area contributed by atoms with Gasteiger partial charge in [0, 0.05) is 37.1 Å². The first-order valence-corrected chi connectivity index (χ1v) is 8.12. The van der Waals surface area contributed by atoms with Crippen LogP contribution in [0.5, 0.6) is 5.75 Å². The SMILES string of the molecule is CNc1cc2c(nn1)CCN(C(=O)Cc1cc(Cl)ccc1OC)C2. The summed E-state index contributed by atoms with van der Waals surface area (Å²) in [4.78, 5) is 14.5. The fraction of sp³-hybridized carbons (Fsp3) is 0.353. The number of aromatic nitrogens is 2. The number of hydrogen-bond donors (Lipinski definition) is 1. The van der Waals surface area contributed by atoms with E-state index in [-0.39, 0.29) is 12.3 Å². The van der Waals surface area contributed by atoms with Crippen molar-refractivity contribution < 1.29 is 9.53 Å². The molecule has 2 heterocycles. The highest BCUT2D eigenvalue weighted by molar-refractivity contribution is 6.30. The lowest BCUT2D eigenvalue weighted by molar-refractivity contribution is -0.131. The molecule has 6 nitrogen and oxygen atoms in total. The quantitative estimate of drug-likeness (QED) is 0.920. The van der Waals surface area contributed by atoms with E-state index in [1.807, 2.05) is 11.0 Å². The molecule has 1 aromatic carbocycles. The van der Waals surface area contributed by atoms with Crippen molar-refractivity contribution in [3.8, 4) is 5.75 Å². The number of hydrogen-bond acceptors (Lipinski definition) is 5. The third-order valence-electron chi connectivity index (χ3n) is 4.13. The van der Waals surface area contributed by atoms with E-state index in [1.165, 1.54) is 0 Å². The first kappa shape index (κ1) is 16.5. The maximum atomic E-state index is 12.7. The van der Waals surface area contributed by atoms with Gasteiger partial charge in [0.2, 0.25) is 5.91 Å². The van der Waals surface area contributed by atoms with Crippen molar-refractivity contribution in [2.75, 3.05) is 26.0 Å². The van der Waals surface area contributed by atoms with Crippen LogP contribution >= 0.6 is 11.6 Å². The second-order valence-corrected chi connectivity index (χ2v) is 6.09. The van der Waals surface area contributed by atoms with Crippen LogP contribution in [0, 0.1) is 0 Å². The molecule has 126 valence electrons. The number of fused-ring (bicyclic) bond motifs is 1. The molecule has 0 spiro atoms. The first-order chi connectivity index (χ1) is 11.6. The highest BCUT2D eigenvalue weighted by Gasteiger charge is 2.23. The van der Waals surface area contributed by atoms with Crippen LogP contribution in [-0.4, -0.2) is 41.7 Å². The summed E-state index contributed by atoms with van der Waals surface area (Å²) in [6, 6.07) is 7.26. The number of nitrogens with zero attached hydrogens (tertiary/aromatic N) is 3. The second-order valence-electron chi connectivity index (χ2n) is 5.65. The number of amides is 1. The van der Waals surface area contributed by atoms with Crippen LogP contribution in [-0.2, 0) is 24.2 Å². The zero-order valence-corrected chi connectivity index (χ0v) is 14.4. The first-order valence-electron chi connectivity index (χ1n) is 7.74. The number of rotatable bonds is 4. The van der Waals surface area contributed by atoms with E-state index >= 15 is 0 Å². The van der Waals surface area contributed by atoms with Gasteiger partial charge in [-0.1, -0.05) is 11.6 Å². The number of carbonyl (C=O) groups excluding carboxylic acids is 1. The fourth-order valence-corrected chi connectivity index (χ4v) is 3.02. The molecule has 0 unspecified atom stereocenters.